The Hall–Kier alpha value is -2.04. The van der Waals surface area contributed by atoms with Crippen molar-refractivity contribution in [3.63, 3.8) is 0 Å². The number of anilines is 1. The van der Waals surface area contributed by atoms with Gasteiger partial charge in [-0.15, -0.1) is 0 Å². The molecular formula is C14H20N2O3. The van der Waals surface area contributed by atoms with Gasteiger partial charge in [0.1, 0.15) is 5.75 Å². The summed E-state index contributed by atoms with van der Waals surface area (Å²) in [5.74, 6) is 0.504. The van der Waals surface area contributed by atoms with Crippen LogP contribution in [-0.2, 0) is 0 Å². The number of ether oxygens (including phenoxy) is 1. The molecule has 5 nitrogen and oxygen atoms in total. The van der Waals surface area contributed by atoms with Crippen molar-refractivity contribution < 1.29 is 9.66 Å². The topological polar surface area (TPSA) is 64.4 Å². The SMILES string of the molecule is CC(C)=CCNc1cc(OC(C)C)cc([N+](=O)[O-])c1. The van der Waals surface area contributed by atoms with Gasteiger partial charge in [-0.3, -0.25) is 10.1 Å². The van der Waals surface area contributed by atoms with Crippen LogP contribution in [0, 0.1) is 10.1 Å². The highest BCUT2D eigenvalue weighted by Gasteiger charge is 2.11. The molecule has 0 spiro atoms. The predicted octanol–water partition coefficient (Wildman–Crippen LogP) is 3.76. The predicted molar refractivity (Wildman–Crippen MR) is 76.8 cm³/mol. The monoisotopic (exact) mass is 264 g/mol. The van der Waals surface area contributed by atoms with Crippen molar-refractivity contribution >= 4 is 11.4 Å². The summed E-state index contributed by atoms with van der Waals surface area (Å²) in [7, 11) is 0. The quantitative estimate of drug-likeness (QED) is 0.482. The molecule has 0 aromatic heterocycles. The van der Waals surface area contributed by atoms with Gasteiger partial charge in [0.15, 0.2) is 0 Å². The molecule has 0 aliphatic rings. The number of nitro benzene ring substituents is 1. The fourth-order valence-corrected chi connectivity index (χ4v) is 1.50. The standard InChI is InChI=1S/C14H20N2O3/c1-10(2)5-6-15-12-7-13(16(17)18)9-14(8-12)19-11(3)4/h5,7-9,11,15H,6H2,1-4H3. The molecule has 0 bridgehead atoms. The number of hydrogen-bond donors (Lipinski definition) is 1. The minimum Gasteiger partial charge on any atom is -0.491 e. The van der Waals surface area contributed by atoms with Crippen molar-refractivity contribution in [2.24, 2.45) is 0 Å². The van der Waals surface area contributed by atoms with Crippen molar-refractivity contribution in [2.45, 2.75) is 33.8 Å². The molecule has 1 aromatic rings. The van der Waals surface area contributed by atoms with Gasteiger partial charge in [-0.25, -0.2) is 0 Å². The maximum absolute atomic E-state index is 10.9. The van der Waals surface area contributed by atoms with Gasteiger partial charge in [-0.2, -0.15) is 0 Å². The van der Waals surface area contributed by atoms with Crippen LogP contribution in [0.4, 0.5) is 11.4 Å². The van der Waals surface area contributed by atoms with E-state index in [1.54, 1.807) is 6.07 Å². The van der Waals surface area contributed by atoms with E-state index in [0.717, 1.165) is 0 Å². The first-order chi connectivity index (χ1) is 8.88. The van der Waals surface area contributed by atoms with Gasteiger partial charge < -0.3 is 10.1 Å². The second kappa shape index (κ2) is 6.78. The summed E-state index contributed by atoms with van der Waals surface area (Å²) in [5, 5.41) is 14.0. The lowest BCUT2D eigenvalue weighted by molar-refractivity contribution is -0.384. The largest absolute Gasteiger partial charge is 0.491 e. The Morgan fingerprint density at radius 1 is 1.42 bits per heavy atom. The third-order valence-electron chi connectivity index (χ3n) is 2.29. The maximum atomic E-state index is 10.9. The average molecular weight is 264 g/mol. The van der Waals surface area contributed by atoms with Gasteiger partial charge in [0.05, 0.1) is 17.1 Å². The van der Waals surface area contributed by atoms with Crippen LogP contribution in [0.3, 0.4) is 0 Å². The fraction of sp³-hybridized carbons (Fsp3) is 0.429. The lowest BCUT2D eigenvalue weighted by atomic mass is 10.2. The van der Waals surface area contributed by atoms with Crippen LogP contribution < -0.4 is 10.1 Å². The molecule has 1 N–H and O–H groups in total. The Bertz CT molecular complexity index is 478. The normalized spacial score (nSPS) is 10.2. The molecule has 0 radical (unpaired) electrons. The summed E-state index contributed by atoms with van der Waals surface area (Å²) in [4.78, 5) is 10.5. The van der Waals surface area contributed by atoms with Gasteiger partial charge in [-0.1, -0.05) is 11.6 Å². The zero-order valence-electron chi connectivity index (χ0n) is 11.8. The lowest BCUT2D eigenvalue weighted by Crippen LogP contribution is -2.07. The molecule has 0 amide bonds. The Labute approximate surface area is 113 Å². The molecule has 0 aliphatic carbocycles. The highest BCUT2D eigenvalue weighted by molar-refractivity contribution is 5.56. The molecule has 0 saturated carbocycles. The number of allylic oxidation sites excluding steroid dienone is 1. The number of nitrogens with zero attached hydrogens (tertiary/aromatic N) is 1. The number of nitrogens with one attached hydrogen (secondary N) is 1. The molecule has 1 rings (SSSR count). The summed E-state index contributed by atoms with van der Waals surface area (Å²) >= 11 is 0. The number of non-ortho nitro benzene ring substituents is 1. The van der Waals surface area contributed by atoms with E-state index in [1.807, 2.05) is 33.8 Å². The second-order valence-electron chi connectivity index (χ2n) is 4.80. The van der Waals surface area contributed by atoms with Gasteiger partial charge in [0, 0.05) is 24.4 Å². The van der Waals surface area contributed by atoms with Gasteiger partial charge in [-0.05, 0) is 27.7 Å². The maximum Gasteiger partial charge on any atom is 0.275 e. The molecule has 0 atom stereocenters. The molecule has 0 aliphatic heterocycles. The first-order valence-corrected chi connectivity index (χ1v) is 6.22. The molecule has 1 aromatic carbocycles. The fourth-order valence-electron chi connectivity index (χ4n) is 1.50. The van der Waals surface area contributed by atoms with E-state index in [-0.39, 0.29) is 11.8 Å². The van der Waals surface area contributed by atoms with E-state index in [1.165, 1.54) is 17.7 Å². The Morgan fingerprint density at radius 3 is 2.63 bits per heavy atom. The van der Waals surface area contributed by atoms with Crippen LogP contribution in [0.2, 0.25) is 0 Å². The molecule has 0 saturated heterocycles. The van der Waals surface area contributed by atoms with Crippen molar-refractivity contribution in [1.82, 2.24) is 0 Å². The van der Waals surface area contributed by atoms with Crippen molar-refractivity contribution in [2.75, 3.05) is 11.9 Å². The summed E-state index contributed by atoms with van der Waals surface area (Å²) in [6.07, 6.45) is 1.99. The highest BCUT2D eigenvalue weighted by Crippen LogP contribution is 2.26. The van der Waals surface area contributed by atoms with E-state index in [0.29, 0.717) is 18.0 Å². The van der Waals surface area contributed by atoms with Crippen LogP contribution >= 0.6 is 0 Å². The first kappa shape index (κ1) is 15.0. The molecule has 0 fully saturated rings. The van der Waals surface area contributed by atoms with Crippen molar-refractivity contribution in [3.8, 4) is 5.75 Å². The van der Waals surface area contributed by atoms with Gasteiger partial charge in [0.2, 0.25) is 0 Å². The van der Waals surface area contributed by atoms with Crippen LogP contribution in [0.5, 0.6) is 5.75 Å². The average Bonchev–Trinajstić information content (AvgIpc) is 2.27. The third-order valence-corrected chi connectivity index (χ3v) is 2.29. The molecular weight excluding hydrogens is 244 g/mol. The minimum absolute atomic E-state index is 0.0207. The smallest absolute Gasteiger partial charge is 0.275 e. The van der Waals surface area contributed by atoms with Gasteiger partial charge >= 0.3 is 0 Å². The van der Waals surface area contributed by atoms with E-state index in [4.69, 9.17) is 4.74 Å². The molecule has 0 heterocycles. The zero-order chi connectivity index (χ0) is 14.4. The first-order valence-electron chi connectivity index (χ1n) is 6.22. The Kier molecular flexibility index (Phi) is 5.36. The van der Waals surface area contributed by atoms with Crippen LogP contribution in [0.25, 0.3) is 0 Å². The second-order valence-corrected chi connectivity index (χ2v) is 4.80. The van der Waals surface area contributed by atoms with Crippen molar-refractivity contribution in [3.05, 3.63) is 40.0 Å². The van der Waals surface area contributed by atoms with E-state index in [9.17, 15) is 10.1 Å². The van der Waals surface area contributed by atoms with Crippen molar-refractivity contribution in [1.29, 1.82) is 0 Å². The Morgan fingerprint density at radius 2 is 2.11 bits per heavy atom. The third kappa shape index (κ3) is 5.42. The molecule has 104 valence electrons. The van der Waals surface area contributed by atoms with E-state index < -0.39 is 4.92 Å². The molecule has 0 unspecified atom stereocenters. The van der Waals surface area contributed by atoms with Crippen LogP contribution in [0.1, 0.15) is 27.7 Å². The summed E-state index contributed by atoms with van der Waals surface area (Å²) in [6, 6.07) is 4.71. The summed E-state index contributed by atoms with van der Waals surface area (Å²) in [6.45, 7) is 8.40. The summed E-state index contributed by atoms with van der Waals surface area (Å²) in [5.41, 5.74) is 1.90. The van der Waals surface area contributed by atoms with E-state index >= 15 is 0 Å². The lowest BCUT2D eigenvalue weighted by Gasteiger charge is -2.11. The number of rotatable bonds is 6. The number of nitro groups is 1. The van der Waals surface area contributed by atoms with Gasteiger partial charge in [0.25, 0.3) is 5.69 Å². The summed E-state index contributed by atoms with van der Waals surface area (Å²) < 4.78 is 5.51. The number of hydrogen-bond acceptors (Lipinski definition) is 4. The Balaban J connectivity index is 2.92. The highest BCUT2D eigenvalue weighted by atomic mass is 16.6. The zero-order valence-corrected chi connectivity index (χ0v) is 11.8. The van der Waals surface area contributed by atoms with Crippen LogP contribution in [0.15, 0.2) is 29.8 Å². The van der Waals surface area contributed by atoms with Crippen LogP contribution in [-0.4, -0.2) is 17.6 Å². The number of benzene rings is 1. The molecule has 5 heteroatoms. The minimum atomic E-state index is -0.417. The molecule has 19 heavy (non-hydrogen) atoms. The van der Waals surface area contributed by atoms with E-state index in [2.05, 4.69) is 5.32 Å².